The van der Waals surface area contributed by atoms with Crippen LogP contribution in [0.2, 0.25) is 0 Å². The molecule has 1 aromatic rings. The molecule has 1 rings (SSSR count). The van der Waals surface area contributed by atoms with Crippen molar-refractivity contribution in [2.24, 2.45) is 5.73 Å². The van der Waals surface area contributed by atoms with Crippen molar-refractivity contribution < 1.29 is 5.11 Å². The summed E-state index contributed by atoms with van der Waals surface area (Å²) in [5.74, 6) is 0.273. The predicted molar refractivity (Wildman–Crippen MR) is 57.6 cm³/mol. The zero-order valence-electron chi connectivity index (χ0n) is 7.63. The molecule has 0 saturated carbocycles. The number of benzene rings is 1. The van der Waals surface area contributed by atoms with Crippen LogP contribution in [-0.4, -0.2) is 5.11 Å². The van der Waals surface area contributed by atoms with E-state index in [-0.39, 0.29) is 11.8 Å². The molecule has 0 bridgehead atoms. The monoisotopic (exact) mass is 243 g/mol. The quantitative estimate of drug-likeness (QED) is 0.858. The second kappa shape index (κ2) is 4.63. The van der Waals surface area contributed by atoms with E-state index >= 15 is 0 Å². The van der Waals surface area contributed by atoms with Crippen molar-refractivity contribution in [1.29, 1.82) is 0 Å². The van der Waals surface area contributed by atoms with Gasteiger partial charge in [0.05, 0.1) is 0 Å². The average molecular weight is 244 g/mol. The minimum absolute atomic E-state index is 0.0573. The summed E-state index contributed by atoms with van der Waals surface area (Å²) in [6.07, 6.45) is 1.92. The molecule has 0 radical (unpaired) electrons. The van der Waals surface area contributed by atoms with Crippen LogP contribution in [-0.2, 0) is 0 Å². The van der Waals surface area contributed by atoms with Gasteiger partial charge in [0, 0.05) is 16.1 Å². The molecule has 13 heavy (non-hydrogen) atoms. The van der Waals surface area contributed by atoms with Crippen LogP contribution < -0.4 is 5.73 Å². The maximum atomic E-state index is 9.58. The topological polar surface area (TPSA) is 46.2 Å². The van der Waals surface area contributed by atoms with Crippen molar-refractivity contribution >= 4 is 15.9 Å². The van der Waals surface area contributed by atoms with E-state index in [0.717, 1.165) is 22.9 Å². The van der Waals surface area contributed by atoms with Crippen LogP contribution in [0, 0.1) is 0 Å². The van der Waals surface area contributed by atoms with E-state index in [1.54, 1.807) is 6.07 Å². The molecule has 0 spiro atoms. The van der Waals surface area contributed by atoms with Crippen molar-refractivity contribution in [2.45, 2.75) is 25.8 Å². The first-order chi connectivity index (χ1) is 6.15. The van der Waals surface area contributed by atoms with Gasteiger partial charge in [-0.3, -0.25) is 0 Å². The van der Waals surface area contributed by atoms with Gasteiger partial charge in [0.15, 0.2) is 0 Å². The highest BCUT2D eigenvalue weighted by Gasteiger charge is 2.09. The zero-order valence-corrected chi connectivity index (χ0v) is 9.21. The molecule has 2 nitrogen and oxygen atoms in total. The van der Waals surface area contributed by atoms with E-state index in [1.165, 1.54) is 0 Å². The summed E-state index contributed by atoms with van der Waals surface area (Å²) in [5, 5.41) is 9.58. The van der Waals surface area contributed by atoms with E-state index in [1.807, 2.05) is 12.1 Å². The predicted octanol–water partition coefficient (Wildman–Crippen LogP) is 2.95. The summed E-state index contributed by atoms with van der Waals surface area (Å²) in [4.78, 5) is 0. The molecule has 0 aliphatic carbocycles. The minimum Gasteiger partial charge on any atom is -0.508 e. The Balaban J connectivity index is 2.88. The summed E-state index contributed by atoms with van der Waals surface area (Å²) in [6, 6.07) is 5.37. The Morgan fingerprint density at radius 3 is 2.77 bits per heavy atom. The Morgan fingerprint density at radius 2 is 2.23 bits per heavy atom. The van der Waals surface area contributed by atoms with Crippen molar-refractivity contribution in [1.82, 2.24) is 0 Å². The molecule has 1 aromatic carbocycles. The number of aromatic hydroxyl groups is 1. The van der Waals surface area contributed by atoms with Gasteiger partial charge < -0.3 is 10.8 Å². The van der Waals surface area contributed by atoms with Crippen molar-refractivity contribution in [3.63, 3.8) is 0 Å². The lowest BCUT2D eigenvalue weighted by atomic mass is 10.0. The van der Waals surface area contributed by atoms with Crippen LogP contribution in [0.1, 0.15) is 31.4 Å². The Bertz CT molecular complexity index is 288. The molecule has 0 saturated heterocycles. The SMILES string of the molecule is CCC[C@@H](N)c1ccc(Br)cc1O. The van der Waals surface area contributed by atoms with Gasteiger partial charge in [-0.2, -0.15) is 0 Å². The first-order valence-electron chi connectivity index (χ1n) is 4.39. The van der Waals surface area contributed by atoms with Gasteiger partial charge in [-0.05, 0) is 18.6 Å². The molecule has 1 atom stereocenters. The molecule has 0 aromatic heterocycles. The fraction of sp³-hybridized carbons (Fsp3) is 0.400. The van der Waals surface area contributed by atoms with E-state index in [2.05, 4.69) is 22.9 Å². The normalized spacial score (nSPS) is 12.8. The van der Waals surface area contributed by atoms with Crippen LogP contribution in [0.5, 0.6) is 5.75 Å². The zero-order chi connectivity index (χ0) is 9.84. The number of nitrogens with two attached hydrogens (primary N) is 1. The summed E-state index contributed by atoms with van der Waals surface area (Å²) >= 11 is 3.28. The van der Waals surface area contributed by atoms with Gasteiger partial charge in [-0.15, -0.1) is 0 Å². The average Bonchev–Trinajstić information content (AvgIpc) is 2.04. The Labute approximate surface area is 86.9 Å². The Morgan fingerprint density at radius 1 is 1.54 bits per heavy atom. The number of hydrogen-bond acceptors (Lipinski definition) is 2. The molecule has 0 heterocycles. The van der Waals surface area contributed by atoms with E-state index < -0.39 is 0 Å². The molecule has 0 fully saturated rings. The Kier molecular flexibility index (Phi) is 3.75. The maximum absolute atomic E-state index is 9.58. The highest BCUT2D eigenvalue weighted by atomic mass is 79.9. The van der Waals surface area contributed by atoms with Gasteiger partial charge in [-0.25, -0.2) is 0 Å². The summed E-state index contributed by atoms with van der Waals surface area (Å²) in [6.45, 7) is 2.08. The summed E-state index contributed by atoms with van der Waals surface area (Å²) in [7, 11) is 0. The molecular formula is C10H14BrNO. The van der Waals surface area contributed by atoms with E-state index in [9.17, 15) is 5.11 Å². The molecule has 0 aliphatic heterocycles. The molecule has 0 amide bonds. The number of phenols is 1. The van der Waals surface area contributed by atoms with Gasteiger partial charge >= 0.3 is 0 Å². The van der Waals surface area contributed by atoms with Gasteiger partial charge in [0.25, 0.3) is 0 Å². The Hall–Kier alpha value is -0.540. The fourth-order valence-corrected chi connectivity index (χ4v) is 1.65. The van der Waals surface area contributed by atoms with Gasteiger partial charge in [-0.1, -0.05) is 35.3 Å². The number of hydrogen-bond donors (Lipinski definition) is 2. The van der Waals surface area contributed by atoms with Crippen LogP contribution in [0.25, 0.3) is 0 Å². The lowest BCUT2D eigenvalue weighted by Crippen LogP contribution is -2.09. The maximum Gasteiger partial charge on any atom is 0.121 e. The van der Waals surface area contributed by atoms with Crippen molar-refractivity contribution in [2.75, 3.05) is 0 Å². The second-order valence-electron chi connectivity index (χ2n) is 3.10. The van der Waals surface area contributed by atoms with E-state index in [4.69, 9.17) is 5.73 Å². The summed E-state index contributed by atoms with van der Waals surface area (Å²) < 4.78 is 0.873. The molecule has 72 valence electrons. The molecule has 0 aliphatic rings. The van der Waals surface area contributed by atoms with Crippen molar-refractivity contribution in [3.05, 3.63) is 28.2 Å². The van der Waals surface area contributed by atoms with Crippen molar-refractivity contribution in [3.8, 4) is 5.75 Å². The smallest absolute Gasteiger partial charge is 0.121 e. The molecule has 0 unspecified atom stereocenters. The van der Waals surface area contributed by atoms with Gasteiger partial charge in [0.2, 0.25) is 0 Å². The van der Waals surface area contributed by atoms with E-state index in [0.29, 0.717) is 0 Å². The first-order valence-corrected chi connectivity index (χ1v) is 5.18. The van der Waals surface area contributed by atoms with Crippen LogP contribution >= 0.6 is 15.9 Å². The minimum atomic E-state index is -0.0573. The largest absolute Gasteiger partial charge is 0.508 e. The molecular weight excluding hydrogens is 230 g/mol. The van der Waals surface area contributed by atoms with Crippen LogP contribution in [0.15, 0.2) is 22.7 Å². The van der Waals surface area contributed by atoms with Gasteiger partial charge in [0.1, 0.15) is 5.75 Å². The number of halogens is 1. The third kappa shape index (κ3) is 2.71. The fourth-order valence-electron chi connectivity index (χ4n) is 1.30. The standard InChI is InChI=1S/C10H14BrNO/c1-2-3-9(12)8-5-4-7(11)6-10(8)13/h4-6,9,13H,2-3,12H2,1H3/t9-/m1/s1. The lowest BCUT2D eigenvalue weighted by molar-refractivity contribution is 0.457. The third-order valence-corrected chi connectivity index (χ3v) is 2.48. The summed E-state index contributed by atoms with van der Waals surface area (Å²) in [5.41, 5.74) is 6.71. The lowest BCUT2D eigenvalue weighted by Gasteiger charge is -2.12. The second-order valence-corrected chi connectivity index (χ2v) is 4.01. The van der Waals surface area contributed by atoms with Crippen LogP contribution in [0.4, 0.5) is 0 Å². The number of phenolic OH excluding ortho intramolecular Hbond substituents is 1. The highest BCUT2D eigenvalue weighted by molar-refractivity contribution is 9.10. The highest BCUT2D eigenvalue weighted by Crippen LogP contribution is 2.28. The first kappa shape index (κ1) is 10.5. The molecule has 3 N–H and O–H groups in total. The van der Waals surface area contributed by atoms with Crippen LogP contribution in [0.3, 0.4) is 0 Å². The third-order valence-electron chi connectivity index (χ3n) is 1.99. The number of rotatable bonds is 3. The molecule has 3 heteroatoms.